The van der Waals surface area contributed by atoms with Gasteiger partial charge in [0.25, 0.3) is 0 Å². The molecule has 0 bridgehead atoms. The smallest absolute Gasteiger partial charge is 0.410 e. The fraction of sp³-hybridized carbons (Fsp3) is 0.357. The second kappa shape index (κ2) is 11.0. The van der Waals surface area contributed by atoms with Gasteiger partial charge in [0, 0.05) is 39.2 Å². The highest BCUT2D eigenvalue weighted by atomic mass is 35.5. The summed E-state index contributed by atoms with van der Waals surface area (Å²) in [6, 6.07) is 13.5. The van der Waals surface area contributed by atoms with Crippen molar-refractivity contribution in [3.8, 4) is 5.75 Å². The fourth-order valence-electron chi connectivity index (χ4n) is 4.63. The highest BCUT2D eigenvalue weighted by molar-refractivity contribution is 7.15. The first-order valence-electron chi connectivity index (χ1n) is 12.5. The van der Waals surface area contributed by atoms with Gasteiger partial charge in [-0.05, 0) is 60.7 Å². The van der Waals surface area contributed by atoms with Crippen LogP contribution in [0.1, 0.15) is 41.6 Å². The first kappa shape index (κ1) is 25.4. The van der Waals surface area contributed by atoms with Crippen LogP contribution in [0.3, 0.4) is 0 Å². The van der Waals surface area contributed by atoms with Gasteiger partial charge < -0.3 is 19.8 Å². The zero-order valence-corrected chi connectivity index (χ0v) is 22.8. The summed E-state index contributed by atoms with van der Waals surface area (Å²) in [5, 5.41) is 5.97. The van der Waals surface area contributed by atoms with E-state index in [0.29, 0.717) is 31.3 Å². The molecule has 4 aromatic rings. The molecule has 2 N–H and O–H groups in total. The summed E-state index contributed by atoms with van der Waals surface area (Å²) < 4.78 is 11.6. The number of aryl methyl sites for hydroxylation is 1. The predicted molar refractivity (Wildman–Crippen MR) is 149 cm³/mol. The first-order chi connectivity index (χ1) is 17.9. The van der Waals surface area contributed by atoms with E-state index < -0.39 is 0 Å². The predicted octanol–water partition coefficient (Wildman–Crippen LogP) is 6.82. The molecule has 0 spiro atoms. The quantitative estimate of drug-likeness (QED) is 0.241. The van der Waals surface area contributed by atoms with Crippen LogP contribution in [0.25, 0.3) is 10.9 Å². The summed E-state index contributed by atoms with van der Waals surface area (Å²) in [6.07, 6.45) is 2.28. The molecule has 0 fully saturated rings. The van der Waals surface area contributed by atoms with Crippen LogP contribution in [-0.2, 0) is 11.2 Å². The Kier molecular flexibility index (Phi) is 7.58. The number of thiazole rings is 1. The van der Waals surface area contributed by atoms with E-state index in [4.69, 9.17) is 21.1 Å². The number of fused-ring (bicyclic) bond motifs is 3. The van der Waals surface area contributed by atoms with E-state index in [0.717, 1.165) is 39.5 Å². The lowest BCUT2D eigenvalue weighted by Crippen LogP contribution is -2.41. The number of H-pyrrole nitrogens is 1. The molecule has 1 amide bonds. The molecule has 2 aromatic heterocycles. The average molecular weight is 539 g/mol. The van der Waals surface area contributed by atoms with Crippen LogP contribution >= 0.6 is 22.9 Å². The van der Waals surface area contributed by atoms with Crippen molar-refractivity contribution in [2.45, 2.75) is 33.2 Å². The SMILES string of the molecule is Cc1cnc(NCCOc2ccc(C3c4[nH]c5ccc(Cl)cc5c4CCN3C(=O)OCC(C)C)cc2)s1. The summed E-state index contributed by atoms with van der Waals surface area (Å²) in [5.74, 6) is 1.04. The first-order valence-corrected chi connectivity index (χ1v) is 13.7. The maximum absolute atomic E-state index is 13.2. The molecule has 37 heavy (non-hydrogen) atoms. The van der Waals surface area contributed by atoms with E-state index in [9.17, 15) is 4.79 Å². The Bertz CT molecular complexity index is 1380. The molecule has 1 aliphatic heterocycles. The Labute approximate surface area is 225 Å². The van der Waals surface area contributed by atoms with Crippen molar-refractivity contribution in [1.82, 2.24) is 14.9 Å². The van der Waals surface area contributed by atoms with Crippen molar-refractivity contribution in [3.05, 3.63) is 75.4 Å². The largest absolute Gasteiger partial charge is 0.492 e. The van der Waals surface area contributed by atoms with Gasteiger partial charge in [0.2, 0.25) is 0 Å². The van der Waals surface area contributed by atoms with Crippen LogP contribution in [-0.4, -0.2) is 47.3 Å². The molecule has 0 radical (unpaired) electrons. The van der Waals surface area contributed by atoms with Gasteiger partial charge in [-0.25, -0.2) is 9.78 Å². The number of nitrogens with zero attached hydrogens (tertiary/aromatic N) is 2. The second-order valence-electron chi connectivity index (χ2n) is 9.64. The Morgan fingerprint density at radius 3 is 2.81 bits per heavy atom. The number of ether oxygens (including phenoxy) is 2. The number of hydrogen-bond acceptors (Lipinski definition) is 6. The van der Waals surface area contributed by atoms with Gasteiger partial charge in [-0.3, -0.25) is 4.90 Å². The molecule has 194 valence electrons. The van der Waals surface area contributed by atoms with Gasteiger partial charge >= 0.3 is 6.09 Å². The number of amides is 1. The maximum atomic E-state index is 13.2. The molecular formula is C28H31ClN4O3S. The molecule has 7 nitrogen and oxygen atoms in total. The third-order valence-corrected chi connectivity index (χ3v) is 7.43. The molecule has 5 rings (SSSR count). The van der Waals surface area contributed by atoms with Crippen LogP contribution in [0.4, 0.5) is 9.93 Å². The standard InChI is InChI=1S/C28H31ClN4O3S/c1-17(2)16-36-28(34)33-12-10-22-23-14-20(29)6-9-24(23)32-25(22)26(33)19-4-7-21(8-5-19)35-13-11-30-27-31-15-18(3)37-27/h4-9,14-15,17,26,32H,10-13,16H2,1-3H3,(H,30,31). The highest BCUT2D eigenvalue weighted by Crippen LogP contribution is 2.39. The van der Waals surface area contributed by atoms with Gasteiger partial charge in [-0.1, -0.05) is 37.6 Å². The number of nitrogens with one attached hydrogen (secondary N) is 2. The van der Waals surface area contributed by atoms with Gasteiger partial charge in [0.1, 0.15) is 18.4 Å². The topological polar surface area (TPSA) is 79.5 Å². The van der Waals surface area contributed by atoms with Crippen molar-refractivity contribution in [1.29, 1.82) is 0 Å². The number of rotatable bonds is 8. The van der Waals surface area contributed by atoms with Crippen LogP contribution < -0.4 is 10.1 Å². The summed E-state index contributed by atoms with van der Waals surface area (Å²) >= 11 is 7.93. The third kappa shape index (κ3) is 5.70. The fourth-order valence-corrected chi connectivity index (χ4v) is 5.50. The molecule has 1 atom stereocenters. The minimum atomic E-state index is -0.301. The van der Waals surface area contributed by atoms with Gasteiger partial charge in [0.15, 0.2) is 5.13 Å². The molecule has 9 heteroatoms. The number of aromatic amines is 1. The zero-order chi connectivity index (χ0) is 25.9. The Hall–Kier alpha value is -3.23. The monoisotopic (exact) mass is 538 g/mol. The Balaban J connectivity index is 1.36. The summed E-state index contributed by atoms with van der Waals surface area (Å²) in [5.41, 5.74) is 4.20. The van der Waals surface area contributed by atoms with Crippen molar-refractivity contribution >= 4 is 45.1 Å². The summed E-state index contributed by atoms with van der Waals surface area (Å²) in [7, 11) is 0. The summed E-state index contributed by atoms with van der Waals surface area (Å²) in [4.78, 5) is 24.0. The normalized spacial score (nSPS) is 15.2. The molecule has 3 heterocycles. The third-order valence-electron chi connectivity index (χ3n) is 6.33. The summed E-state index contributed by atoms with van der Waals surface area (Å²) in [6.45, 7) is 8.23. The van der Waals surface area contributed by atoms with E-state index in [1.54, 1.807) is 11.3 Å². The minimum absolute atomic E-state index is 0.267. The van der Waals surface area contributed by atoms with Crippen LogP contribution in [0.2, 0.25) is 5.02 Å². The van der Waals surface area contributed by atoms with Crippen LogP contribution in [0, 0.1) is 12.8 Å². The maximum Gasteiger partial charge on any atom is 0.410 e. The zero-order valence-electron chi connectivity index (χ0n) is 21.2. The van der Waals surface area contributed by atoms with Crippen molar-refractivity contribution < 1.29 is 14.3 Å². The van der Waals surface area contributed by atoms with E-state index in [2.05, 4.69) is 15.3 Å². The molecule has 2 aromatic carbocycles. The molecule has 1 aliphatic rings. The molecule has 0 saturated carbocycles. The number of anilines is 1. The molecular weight excluding hydrogens is 508 g/mol. The number of hydrogen-bond donors (Lipinski definition) is 2. The number of carbonyl (C=O) groups is 1. The van der Waals surface area contributed by atoms with Crippen molar-refractivity contribution in [2.75, 3.05) is 31.6 Å². The van der Waals surface area contributed by atoms with E-state index in [1.165, 1.54) is 10.4 Å². The average Bonchev–Trinajstić information content (AvgIpc) is 3.47. The van der Waals surface area contributed by atoms with Gasteiger partial charge in [-0.15, -0.1) is 11.3 Å². The number of benzene rings is 2. The lowest BCUT2D eigenvalue weighted by Gasteiger charge is -2.35. The lowest BCUT2D eigenvalue weighted by molar-refractivity contribution is 0.0797. The number of carbonyl (C=O) groups excluding carboxylic acids is 1. The van der Waals surface area contributed by atoms with Crippen LogP contribution in [0.5, 0.6) is 5.75 Å². The van der Waals surface area contributed by atoms with Crippen molar-refractivity contribution in [3.63, 3.8) is 0 Å². The molecule has 0 aliphatic carbocycles. The van der Waals surface area contributed by atoms with E-state index in [-0.39, 0.29) is 18.1 Å². The minimum Gasteiger partial charge on any atom is -0.492 e. The van der Waals surface area contributed by atoms with E-state index in [1.807, 2.05) is 74.3 Å². The second-order valence-corrected chi connectivity index (χ2v) is 11.3. The Morgan fingerprint density at radius 1 is 1.27 bits per heavy atom. The molecule has 0 saturated heterocycles. The molecule has 1 unspecified atom stereocenters. The Morgan fingerprint density at radius 2 is 2.08 bits per heavy atom. The van der Waals surface area contributed by atoms with Crippen molar-refractivity contribution in [2.24, 2.45) is 5.92 Å². The lowest BCUT2D eigenvalue weighted by atomic mass is 9.92. The van der Waals surface area contributed by atoms with Crippen LogP contribution in [0.15, 0.2) is 48.7 Å². The highest BCUT2D eigenvalue weighted by Gasteiger charge is 2.35. The number of aromatic nitrogens is 2. The van der Waals surface area contributed by atoms with Gasteiger partial charge in [0.05, 0.1) is 13.2 Å². The van der Waals surface area contributed by atoms with E-state index >= 15 is 0 Å². The number of halogens is 1. The van der Waals surface area contributed by atoms with Gasteiger partial charge in [-0.2, -0.15) is 0 Å².